The topological polar surface area (TPSA) is 59.2 Å². The fourth-order valence-corrected chi connectivity index (χ4v) is 3.44. The standard InChI is InChI=1S/C20H19N3O2/c24-20(18-19(25-14-22-18)16-7-2-1-3-8-16)23-11-5-9-17(23)12-15-6-4-10-21-13-15/h1-4,6-8,10,13-14,17H,5,9,11-12H2. The molecule has 1 aliphatic rings. The number of oxazole rings is 1. The summed E-state index contributed by atoms with van der Waals surface area (Å²) < 4.78 is 5.52. The molecule has 0 saturated carbocycles. The first-order chi connectivity index (χ1) is 12.3. The van der Waals surface area contributed by atoms with Crippen LogP contribution in [0.2, 0.25) is 0 Å². The van der Waals surface area contributed by atoms with E-state index in [1.54, 1.807) is 6.20 Å². The maximum absolute atomic E-state index is 13.1. The zero-order valence-corrected chi connectivity index (χ0v) is 13.8. The van der Waals surface area contributed by atoms with E-state index in [0.29, 0.717) is 11.5 Å². The molecule has 3 aromatic rings. The van der Waals surface area contributed by atoms with E-state index < -0.39 is 0 Å². The number of nitrogens with zero attached hydrogens (tertiary/aromatic N) is 3. The Hall–Kier alpha value is -2.95. The third-order valence-corrected chi connectivity index (χ3v) is 4.64. The molecule has 0 N–H and O–H groups in total. The summed E-state index contributed by atoms with van der Waals surface area (Å²) in [5.41, 5.74) is 2.41. The predicted octanol–water partition coefficient (Wildman–Crippen LogP) is 3.58. The van der Waals surface area contributed by atoms with Gasteiger partial charge in [-0.25, -0.2) is 4.98 Å². The van der Waals surface area contributed by atoms with Gasteiger partial charge in [0.05, 0.1) is 0 Å². The molecule has 5 nitrogen and oxygen atoms in total. The first kappa shape index (κ1) is 15.6. The fourth-order valence-electron chi connectivity index (χ4n) is 3.44. The second-order valence-electron chi connectivity index (χ2n) is 6.26. The molecule has 1 amide bonds. The summed E-state index contributed by atoms with van der Waals surface area (Å²) in [6.45, 7) is 0.755. The number of pyridine rings is 1. The molecular formula is C20H19N3O2. The number of carbonyl (C=O) groups excluding carboxylic acids is 1. The molecule has 1 aromatic carbocycles. The summed E-state index contributed by atoms with van der Waals surface area (Å²) in [6, 6.07) is 13.8. The van der Waals surface area contributed by atoms with E-state index in [1.165, 1.54) is 6.39 Å². The van der Waals surface area contributed by atoms with Crippen LogP contribution < -0.4 is 0 Å². The molecule has 25 heavy (non-hydrogen) atoms. The number of benzene rings is 1. The van der Waals surface area contributed by atoms with Gasteiger partial charge in [-0.3, -0.25) is 9.78 Å². The van der Waals surface area contributed by atoms with Crippen LogP contribution in [-0.2, 0) is 6.42 Å². The second kappa shape index (κ2) is 6.89. The lowest BCUT2D eigenvalue weighted by Crippen LogP contribution is -2.37. The van der Waals surface area contributed by atoms with Gasteiger partial charge in [-0.05, 0) is 30.9 Å². The van der Waals surface area contributed by atoms with Crippen LogP contribution in [0.5, 0.6) is 0 Å². The second-order valence-corrected chi connectivity index (χ2v) is 6.26. The van der Waals surface area contributed by atoms with Gasteiger partial charge < -0.3 is 9.32 Å². The molecule has 0 aliphatic carbocycles. The molecule has 126 valence electrons. The number of aromatic nitrogens is 2. The predicted molar refractivity (Wildman–Crippen MR) is 93.9 cm³/mol. The lowest BCUT2D eigenvalue weighted by Gasteiger charge is -2.24. The highest BCUT2D eigenvalue weighted by Crippen LogP contribution is 2.28. The van der Waals surface area contributed by atoms with Crippen molar-refractivity contribution < 1.29 is 9.21 Å². The van der Waals surface area contributed by atoms with Crippen LogP contribution in [0.25, 0.3) is 11.3 Å². The van der Waals surface area contributed by atoms with Gasteiger partial charge in [0.25, 0.3) is 5.91 Å². The minimum atomic E-state index is -0.0565. The van der Waals surface area contributed by atoms with Crippen LogP contribution in [0, 0.1) is 0 Å². The Morgan fingerprint density at radius 2 is 2.08 bits per heavy atom. The van der Waals surface area contributed by atoms with Crippen molar-refractivity contribution in [3.8, 4) is 11.3 Å². The van der Waals surface area contributed by atoms with Gasteiger partial charge >= 0.3 is 0 Å². The van der Waals surface area contributed by atoms with Crippen LogP contribution in [0.15, 0.2) is 65.7 Å². The number of amides is 1. The number of hydrogen-bond acceptors (Lipinski definition) is 4. The van der Waals surface area contributed by atoms with E-state index in [2.05, 4.69) is 16.0 Å². The van der Waals surface area contributed by atoms with Gasteiger partial charge in [0.2, 0.25) is 0 Å². The molecule has 1 saturated heterocycles. The molecule has 1 atom stereocenters. The van der Waals surface area contributed by atoms with Crippen molar-refractivity contribution in [2.75, 3.05) is 6.54 Å². The van der Waals surface area contributed by atoms with Crippen LogP contribution >= 0.6 is 0 Å². The average Bonchev–Trinajstić information content (AvgIpc) is 3.32. The monoisotopic (exact) mass is 333 g/mol. The largest absolute Gasteiger partial charge is 0.443 e. The first-order valence-corrected chi connectivity index (χ1v) is 8.51. The van der Waals surface area contributed by atoms with Crippen molar-refractivity contribution in [3.05, 3.63) is 72.5 Å². The van der Waals surface area contributed by atoms with Gasteiger partial charge in [-0.1, -0.05) is 36.4 Å². The Balaban J connectivity index is 1.58. The van der Waals surface area contributed by atoms with Crippen molar-refractivity contribution in [2.24, 2.45) is 0 Å². The Morgan fingerprint density at radius 3 is 2.88 bits per heavy atom. The minimum absolute atomic E-state index is 0.0565. The number of carbonyl (C=O) groups is 1. The molecule has 0 spiro atoms. The van der Waals surface area contributed by atoms with Gasteiger partial charge in [0.15, 0.2) is 17.8 Å². The zero-order chi connectivity index (χ0) is 17.1. The lowest BCUT2D eigenvalue weighted by atomic mass is 10.0. The summed E-state index contributed by atoms with van der Waals surface area (Å²) >= 11 is 0. The fraction of sp³-hybridized carbons (Fsp3) is 0.250. The van der Waals surface area contributed by atoms with E-state index in [0.717, 1.165) is 36.9 Å². The van der Waals surface area contributed by atoms with Gasteiger partial charge in [0.1, 0.15) is 0 Å². The SMILES string of the molecule is O=C(c1ncoc1-c1ccccc1)N1CCCC1Cc1cccnc1. The summed E-state index contributed by atoms with van der Waals surface area (Å²) in [7, 11) is 0. The summed E-state index contributed by atoms with van der Waals surface area (Å²) in [5, 5.41) is 0. The van der Waals surface area contributed by atoms with Crippen molar-refractivity contribution in [3.63, 3.8) is 0 Å². The van der Waals surface area contributed by atoms with Crippen LogP contribution in [0.1, 0.15) is 28.9 Å². The molecule has 3 heterocycles. The number of likely N-dealkylation sites (tertiary alicyclic amines) is 1. The highest BCUT2D eigenvalue weighted by Gasteiger charge is 2.32. The molecule has 0 bridgehead atoms. The van der Waals surface area contributed by atoms with Gasteiger partial charge in [-0.2, -0.15) is 0 Å². The average molecular weight is 333 g/mol. The van der Waals surface area contributed by atoms with Crippen LogP contribution in [0.3, 0.4) is 0 Å². The lowest BCUT2D eigenvalue weighted by molar-refractivity contribution is 0.0731. The molecule has 4 rings (SSSR count). The van der Waals surface area contributed by atoms with Crippen LogP contribution in [0.4, 0.5) is 0 Å². The first-order valence-electron chi connectivity index (χ1n) is 8.51. The smallest absolute Gasteiger partial charge is 0.276 e. The van der Waals surface area contributed by atoms with E-state index in [1.807, 2.05) is 47.5 Å². The molecule has 1 unspecified atom stereocenters. The number of rotatable bonds is 4. The molecule has 0 radical (unpaired) electrons. The van der Waals surface area contributed by atoms with Crippen molar-refractivity contribution in [1.82, 2.24) is 14.9 Å². The maximum Gasteiger partial charge on any atom is 0.276 e. The Bertz CT molecular complexity index is 846. The highest BCUT2D eigenvalue weighted by molar-refractivity contribution is 5.98. The molecule has 1 aliphatic heterocycles. The summed E-state index contributed by atoms with van der Waals surface area (Å²) in [6.07, 6.45) is 7.81. The minimum Gasteiger partial charge on any atom is -0.443 e. The third-order valence-electron chi connectivity index (χ3n) is 4.64. The summed E-state index contributed by atoms with van der Waals surface area (Å²) in [5.74, 6) is 0.483. The third kappa shape index (κ3) is 3.18. The zero-order valence-electron chi connectivity index (χ0n) is 13.8. The van der Waals surface area contributed by atoms with Crippen molar-refractivity contribution in [1.29, 1.82) is 0 Å². The number of hydrogen-bond donors (Lipinski definition) is 0. The van der Waals surface area contributed by atoms with Gasteiger partial charge in [0, 0.05) is 30.5 Å². The van der Waals surface area contributed by atoms with E-state index in [4.69, 9.17) is 4.42 Å². The summed E-state index contributed by atoms with van der Waals surface area (Å²) in [4.78, 5) is 23.4. The molecule has 2 aromatic heterocycles. The van der Waals surface area contributed by atoms with E-state index >= 15 is 0 Å². The quantitative estimate of drug-likeness (QED) is 0.732. The Labute approximate surface area is 146 Å². The maximum atomic E-state index is 13.1. The molecule has 1 fully saturated rings. The van der Waals surface area contributed by atoms with Gasteiger partial charge in [-0.15, -0.1) is 0 Å². The normalized spacial score (nSPS) is 17.0. The van der Waals surface area contributed by atoms with Crippen molar-refractivity contribution >= 4 is 5.91 Å². The van der Waals surface area contributed by atoms with E-state index in [-0.39, 0.29) is 11.9 Å². The van der Waals surface area contributed by atoms with E-state index in [9.17, 15) is 4.79 Å². The van der Waals surface area contributed by atoms with Crippen molar-refractivity contribution in [2.45, 2.75) is 25.3 Å². The Morgan fingerprint density at radius 1 is 1.20 bits per heavy atom. The molecular weight excluding hydrogens is 314 g/mol. The highest BCUT2D eigenvalue weighted by atomic mass is 16.3. The Kier molecular flexibility index (Phi) is 4.29. The van der Waals surface area contributed by atoms with Crippen LogP contribution in [-0.4, -0.2) is 33.4 Å². The molecule has 5 heteroatoms.